The molecule has 0 unspecified atom stereocenters. The molecule has 0 aliphatic rings. The maximum atomic E-state index is 13.0. The maximum absolute atomic E-state index is 13.0. The van der Waals surface area contributed by atoms with E-state index in [1.807, 2.05) is 6.92 Å². The van der Waals surface area contributed by atoms with E-state index in [4.69, 9.17) is 11.6 Å². The Morgan fingerprint density at radius 2 is 2.28 bits per heavy atom. The zero-order valence-corrected chi connectivity index (χ0v) is 10.6. The number of hydrogen-bond donors (Lipinski definition) is 0. The van der Waals surface area contributed by atoms with Crippen LogP contribution in [0.5, 0.6) is 0 Å². The van der Waals surface area contributed by atoms with E-state index in [0.717, 1.165) is 19.3 Å². The van der Waals surface area contributed by atoms with Crippen molar-refractivity contribution in [3.63, 3.8) is 0 Å². The predicted molar refractivity (Wildman–Crippen MR) is 68.3 cm³/mol. The summed E-state index contributed by atoms with van der Waals surface area (Å²) in [5.74, 6) is -0.413. The zero-order chi connectivity index (χ0) is 13.1. The molecular formula is C13H12ClFN2O. The quantitative estimate of drug-likeness (QED) is 0.793. The van der Waals surface area contributed by atoms with Crippen molar-refractivity contribution in [3.8, 4) is 11.3 Å². The second-order valence-electron chi connectivity index (χ2n) is 3.94. The summed E-state index contributed by atoms with van der Waals surface area (Å²) in [6.45, 7) is 2.74. The molecule has 0 atom stereocenters. The maximum Gasteiger partial charge on any atom is 0.153 e. The number of nitrogens with zero attached hydrogens (tertiary/aromatic N) is 2. The van der Waals surface area contributed by atoms with Gasteiger partial charge in [-0.3, -0.25) is 9.48 Å². The number of aryl methyl sites for hydroxylation is 1. The molecule has 2 aromatic rings. The summed E-state index contributed by atoms with van der Waals surface area (Å²) in [7, 11) is 0. The summed E-state index contributed by atoms with van der Waals surface area (Å²) >= 11 is 5.97. The monoisotopic (exact) mass is 266 g/mol. The molecule has 18 heavy (non-hydrogen) atoms. The van der Waals surface area contributed by atoms with E-state index < -0.39 is 5.82 Å². The SMILES string of the molecule is CCCn1cc(C=O)c(-c2ccc(F)cc2Cl)n1. The molecule has 0 amide bonds. The molecule has 0 radical (unpaired) electrons. The summed E-state index contributed by atoms with van der Waals surface area (Å²) in [5, 5.41) is 4.56. The van der Waals surface area contributed by atoms with Gasteiger partial charge in [-0.25, -0.2) is 4.39 Å². The zero-order valence-electron chi connectivity index (χ0n) is 9.86. The molecule has 94 valence electrons. The van der Waals surface area contributed by atoms with E-state index in [2.05, 4.69) is 5.10 Å². The van der Waals surface area contributed by atoms with E-state index >= 15 is 0 Å². The molecule has 5 heteroatoms. The van der Waals surface area contributed by atoms with E-state index in [1.54, 1.807) is 10.9 Å². The molecule has 1 aromatic heterocycles. The lowest BCUT2D eigenvalue weighted by Crippen LogP contribution is -1.96. The first kappa shape index (κ1) is 12.8. The summed E-state index contributed by atoms with van der Waals surface area (Å²) in [5.41, 5.74) is 1.51. The number of hydrogen-bond acceptors (Lipinski definition) is 2. The van der Waals surface area contributed by atoms with Crippen molar-refractivity contribution in [2.75, 3.05) is 0 Å². The van der Waals surface area contributed by atoms with Crippen LogP contribution in [0.2, 0.25) is 5.02 Å². The van der Waals surface area contributed by atoms with Crippen molar-refractivity contribution in [1.29, 1.82) is 0 Å². The van der Waals surface area contributed by atoms with Crippen LogP contribution in [0.4, 0.5) is 4.39 Å². The van der Waals surface area contributed by atoms with Gasteiger partial charge in [0.25, 0.3) is 0 Å². The molecule has 0 bridgehead atoms. The fourth-order valence-corrected chi connectivity index (χ4v) is 2.01. The molecule has 0 saturated carbocycles. The average molecular weight is 267 g/mol. The summed E-state index contributed by atoms with van der Waals surface area (Å²) in [6, 6.07) is 4.04. The third kappa shape index (κ3) is 2.43. The number of aromatic nitrogens is 2. The molecule has 0 fully saturated rings. The van der Waals surface area contributed by atoms with E-state index in [9.17, 15) is 9.18 Å². The highest BCUT2D eigenvalue weighted by molar-refractivity contribution is 6.33. The van der Waals surface area contributed by atoms with Gasteiger partial charge in [-0.1, -0.05) is 18.5 Å². The fraction of sp³-hybridized carbons (Fsp3) is 0.231. The summed E-state index contributed by atoms with van der Waals surface area (Å²) in [4.78, 5) is 11.0. The van der Waals surface area contributed by atoms with Crippen molar-refractivity contribution in [2.24, 2.45) is 0 Å². The first-order valence-electron chi connectivity index (χ1n) is 5.63. The van der Waals surface area contributed by atoms with Crippen LogP contribution >= 0.6 is 11.6 Å². The standard InChI is InChI=1S/C13H12ClFN2O/c1-2-5-17-7-9(8-18)13(16-17)11-4-3-10(15)6-12(11)14/h3-4,6-8H,2,5H2,1H3. The number of carbonyl (C=O) groups excluding carboxylic acids is 1. The number of aldehydes is 1. The van der Waals surface area contributed by atoms with Crippen LogP contribution in [0.3, 0.4) is 0 Å². The highest BCUT2D eigenvalue weighted by Crippen LogP contribution is 2.29. The van der Waals surface area contributed by atoms with Gasteiger partial charge in [-0.05, 0) is 24.6 Å². The molecule has 0 aliphatic carbocycles. The minimum atomic E-state index is -0.413. The minimum absolute atomic E-state index is 0.250. The molecule has 0 spiro atoms. The molecule has 0 saturated heterocycles. The molecule has 0 N–H and O–H groups in total. The lowest BCUT2D eigenvalue weighted by Gasteiger charge is -2.02. The molecule has 3 nitrogen and oxygen atoms in total. The number of benzene rings is 1. The van der Waals surface area contributed by atoms with Crippen LogP contribution in [-0.2, 0) is 6.54 Å². The smallest absolute Gasteiger partial charge is 0.153 e. The van der Waals surface area contributed by atoms with E-state index in [0.29, 0.717) is 16.8 Å². The molecule has 1 aromatic carbocycles. The second kappa shape index (κ2) is 5.31. The third-order valence-corrected chi connectivity index (χ3v) is 2.87. The summed E-state index contributed by atoms with van der Waals surface area (Å²) in [6.07, 6.45) is 3.32. The number of rotatable bonds is 4. The van der Waals surface area contributed by atoms with Crippen LogP contribution in [0.1, 0.15) is 23.7 Å². The van der Waals surface area contributed by atoms with Gasteiger partial charge < -0.3 is 0 Å². The lowest BCUT2D eigenvalue weighted by atomic mass is 10.1. The van der Waals surface area contributed by atoms with Gasteiger partial charge >= 0.3 is 0 Å². The second-order valence-corrected chi connectivity index (χ2v) is 4.35. The molecule has 1 heterocycles. The van der Waals surface area contributed by atoms with Gasteiger partial charge in [-0.2, -0.15) is 5.10 Å². The number of halogens is 2. The lowest BCUT2D eigenvalue weighted by molar-refractivity contribution is 0.112. The van der Waals surface area contributed by atoms with Gasteiger partial charge in [0.1, 0.15) is 11.5 Å². The van der Waals surface area contributed by atoms with Gasteiger partial charge in [0.2, 0.25) is 0 Å². The first-order chi connectivity index (χ1) is 8.65. The molecule has 0 aliphatic heterocycles. The topological polar surface area (TPSA) is 34.9 Å². The van der Waals surface area contributed by atoms with Crippen LogP contribution in [0.25, 0.3) is 11.3 Å². The predicted octanol–water partition coefficient (Wildman–Crippen LogP) is 3.57. The Morgan fingerprint density at radius 3 is 2.89 bits per heavy atom. The minimum Gasteiger partial charge on any atom is -0.298 e. The largest absolute Gasteiger partial charge is 0.298 e. The Balaban J connectivity index is 2.51. The van der Waals surface area contributed by atoms with Crippen molar-refractivity contribution in [2.45, 2.75) is 19.9 Å². The first-order valence-corrected chi connectivity index (χ1v) is 6.01. The van der Waals surface area contributed by atoms with Crippen molar-refractivity contribution in [3.05, 3.63) is 40.8 Å². The Labute approximate surface area is 109 Å². The Hall–Kier alpha value is -1.68. The van der Waals surface area contributed by atoms with Crippen LogP contribution < -0.4 is 0 Å². The van der Waals surface area contributed by atoms with Gasteiger partial charge in [-0.15, -0.1) is 0 Å². The van der Waals surface area contributed by atoms with Crippen molar-refractivity contribution in [1.82, 2.24) is 9.78 Å². The normalized spacial score (nSPS) is 10.6. The van der Waals surface area contributed by atoms with Gasteiger partial charge in [0.05, 0.1) is 10.6 Å². The Bertz CT molecular complexity index is 580. The summed E-state index contributed by atoms with van der Waals surface area (Å²) < 4.78 is 14.7. The van der Waals surface area contributed by atoms with Crippen LogP contribution in [-0.4, -0.2) is 16.1 Å². The van der Waals surface area contributed by atoms with Gasteiger partial charge in [0.15, 0.2) is 6.29 Å². The Kier molecular flexibility index (Phi) is 3.77. The highest BCUT2D eigenvalue weighted by atomic mass is 35.5. The fourth-order valence-electron chi connectivity index (χ4n) is 1.76. The van der Waals surface area contributed by atoms with Crippen LogP contribution in [0, 0.1) is 5.82 Å². The third-order valence-electron chi connectivity index (χ3n) is 2.56. The number of carbonyl (C=O) groups is 1. The van der Waals surface area contributed by atoms with E-state index in [-0.39, 0.29) is 5.02 Å². The Morgan fingerprint density at radius 1 is 1.50 bits per heavy atom. The highest BCUT2D eigenvalue weighted by Gasteiger charge is 2.13. The van der Waals surface area contributed by atoms with Gasteiger partial charge in [0, 0.05) is 18.3 Å². The molecule has 2 rings (SSSR count). The molecular weight excluding hydrogens is 255 g/mol. The van der Waals surface area contributed by atoms with Crippen molar-refractivity contribution >= 4 is 17.9 Å². The van der Waals surface area contributed by atoms with Crippen LogP contribution in [0.15, 0.2) is 24.4 Å². The van der Waals surface area contributed by atoms with Crippen molar-refractivity contribution < 1.29 is 9.18 Å². The average Bonchev–Trinajstić information content (AvgIpc) is 2.72. The van der Waals surface area contributed by atoms with E-state index in [1.165, 1.54) is 18.2 Å².